The van der Waals surface area contributed by atoms with Crippen molar-refractivity contribution in [3.05, 3.63) is 59.6 Å². The van der Waals surface area contributed by atoms with Gasteiger partial charge in [-0.15, -0.1) is 0 Å². The predicted molar refractivity (Wildman–Crippen MR) is 117 cm³/mol. The van der Waals surface area contributed by atoms with Gasteiger partial charge in [-0.25, -0.2) is 9.78 Å². The predicted octanol–water partition coefficient (Wildman–Crippen LogP) is 6.32. The lowest BCUT2D eigenvalue weighted by Crippen LogP contribution is -2.05. The molecule has 0 unspecified atom stereocenters. The van der Waals surface area contributed by atoms with Crippen LogP contribution in [0.15, 0.2) is 58.3 Å². The van der Waals surface area contributed by atoms with Gasteiger partial charge in [0.1, 0.15) is 5.75 Å². The van der Waals surface area contributed by atoms with E-state index in [0.29, 0.717) is 31.8 Å². The first-order chi connectivity index (χ1) is 12.9. The van der Waals surface area contributed by atoms with Crippen LogP contribution in [0, 0.1) is 0 Å². The minimum atomic E-state index is -0.438. The molecule has 5 rings (SSSR count). The van der Waals surface area contributed by atoms with Gasteiger partial charge in [-0.3, -0.25) is 4.40 Å². The summed E-state index contributed by atoms with van der Waals surface area (Å²) < 4.78 is 9.85. The third-order valence-corrected chi connectivity index (χ3v) is 6.94. The van der Waals surface area contributed by atoms with Crippen LogP contribution < -0.4 is 5.63 Å². The van der Waals surface area contributed by atoms with E-state index in [4.69, 9.17) is 4.42 Å². The first-order valence-corrected chi connectivity index (χ1v) is 10.8. The molecule has 0 spiro atoms. The Balaban J connectivity index is 1.90. The molecule has 0 amide bonds. The van der Waals surface area contributed by atoms with Crippen LogP contribution in [-0.4, -0.2) is 14.5 Å². The van der Waals surface area contributed by atoms with Gasteiger partial charge < -0.3 is 9.52 Å². The first kappa shape index (κ1) is 17.4. The Morgan fingerprint density at radius 3 is 2.74 bits per heavy atom. The van der Waals surface area contributed by atoms with E-state index in [1.807, 2.05) is 22.6 Å². The van der Waals surface area contributed by atoms with E-state index in [2.05, 4.69) is 52.8 Å². The third kappa shape index (κ3) is 2.67. The van der Waals surface area contributed by atoms with Crippen LogP contribution in [0.2, 0.25) is 0 Å². The van der Waals surface area contributed by atoms with Crippen LogP contribution in [0.1, 0.15) is 0 Å². The molecule has 0 aliphatic heterocycles. The lowest BCUT2D eigenvalue weighted by molar-refractivity contribution is 0.476. The largest absolute Gasteiger partial charge is 0.508 e. The number of aromatic nitrogens is 2. The van der Waals surface area contributed by atoms with Crippen molar-refractivity contribution < 1.29 is 9.52 Å². The Hall–Kier alpha value is -1.68. The smallest absolute Gasteiger partial charge is 0.345 e. The van der Waals surface area contributed by atoms with Crippen LogP contribution in [-0.2, 0) is 0 Å². The fraction of sp³-hybridized carbons (Fsp3) is 0. The highest BCUT2D eigenvalue weighted by Crippen LogP contribution is 2.39. The maximum absolute atomic E-state index is 12.8. The summed E-state index contributed by atoms with van der Waals surface area (Å²) >= 11 is 11.9. The molecular weight excluding hydrogens is 564 g/mol. The number of nitrogens with zero attached hydrogens (tertiary/aromatic N) is 2. The van der Waals surface area contributed by atoms with Gasteiger partial charge in [0.2, 0.25) is 0 Å². The molecule has 27 heavy (non-hydrogen) atoms. The Morgan fingerprint density at radius 2 is 1.93 bits per heavy atom. The topological polar surface area (TPSA) is 67.7 Å². The lowest BCUT2D eigenvalue weighted by Gasteiger charge is -2.05. The first-order valence-electron chi connectivity index (χ1n) is 7.65. The van der Waals surface area contributed by atoms with E-state index in [1.54, 1.807) is 18.2 Å². The number of benzene rings is 2. The average Bonchev–Trinajstić information content (AvgIpc) is 3.08. The Labute approximate surface area is 180 Å². The molecule has 0 atom stereocenters. The zero-order chi connectivity index (χ0) is 18.9. The molecule has 134 valence electrons. The highest BCUT2D eigenvalue weighted by Gasteiger charge is 2.21. The van der Waals surface area contributed by atoms with Crippen LogP contribution in [0.5, 0.6) is 5.75 Å². The third-order valence-electron chi connectivity index (χ3n) is 4.20. The molecule has 9 heteroatoms. The summed E-state index contributed by atoms with van der Waals surface area (Å²) in [7, 11) is 0. The zero-order valence-electron chi connectivity index (χ0n) is 13.2. The van der Waals surface area contributed by atoms with E-state index in [1.165, 1.54) is 11.3 Å². The number of fused-ring (bicyclic) bond motifs is 4. The summed E-state index contributed by atoms with van der Waals surface area (Å²) in [6.45, 7) is 0. The van der Waals surface area contributed by atoms with E-state index < -0.39 is 5.63 Å². The Kier molecular flexibility index (Phi) is 3.98. The summed E-state index contributed by atoms with van der Waals surface area (Å²) in [5, 5.41) is 10.5. The maximum Gasteiger partial charge on any atom is 0.345 e. The minimum absolute atomic E-state index is 0.147. The van der Waals surface area contributed by atoms with Crippen molar-refractivity contribution in [2.45, 2.75) is 0 Å². The maximum atomic E-state index is 12.8. The van der Waals surface area contributed by atoms with Gasteiger partial charge in [-0.05, 0) is 62.2 Å². The molecule has 2 aromatic carbocycles. The standard InChI is InChI=1S/C18H7Br3N2O3S/c19-8-3-7-4-10(17(25)26-15(7)11(20)5-8)14-16(21)27-18-22-12-6-9(24)1-2-13(12)23(14)18/h1-6,24H. The molecule has 3 heterocycles. The van der Waals surface area contributed by atoms with Gasteiger partial charge in [0.25, 0.3) is 0 Å². The van der Waals surface area contributed by atoms with Gasteiger partial charge in [0.15, 0.2) is 10.5 Å². The molecule has 5 aromatic rings. The highest BCUT2D eigenvalue weighted by atomic mass is 79.9. The average molecular weight is 571 g/mol. The SMILES string of the molecule is O=c1oc2c(Br)cc(Br)cc2cc1-c1c(Br)sc2nc3cc(O)ccc3n12. The lowest BCUT2D eigenvalue weighted by atomic mass is 10.1. The molecule has 3 aromatic heterocycles. The molecule has 0 fully saturated rings. The van der Waals surface area contributed by atoms with Gasteiger partial charge in [-0.2, -0.15) is 0 Å². The van der Waals surface area contributed by atoms with Gasteiger partial charge in [0.05, 0.1) is 30.5 Å². The fourth-order valence-corrected chi connectivity index (χ4v) is 6.14. The summed E-state index contributed by atoms with van der Waals surface area (Å²) in [6, 6.07) is 10.5. The molecule has 0 bridgehead atoms. The van der Waals surface area contributed by atoms with Crippen LogP contribution in [0.3, 0.4) is 0 Å². The second-order valence-electron chi connectivity index (χ2n) is 5.88. The number of hydrogen-bond donors (Lipinski definition) is 1. The van der Waals surface area contributed by atoms with Gasteiger partial charge in [-0.1, -0.05) is 27.3 Å². The van der Waals surface area contributed by atoms with Crippen molar-refractivity contribution in [3.63, 3.8) is 0 Å². The molecule has 0 radical (unpaired) electrons. The van der Waals surface area contributed by atoms with Crippen LogP contribution >= 0.6 is 59.1 Å². The van der Waals surface area contributed by atoms with E-state index in [0.717, 1.165) is 19.2 Å². The van der Waals surface area contributed by atoms with E-state index in [-0.39, 0.29) is 5.75 Å². The number of phenols is 1. The van der Waals surface area contributed by atoms with E-state index >= 15 is 0 Å². The molecule has 5 nitrogen and oxygen atoms in total. The summed E-state index contributed by atoms with van der Waals surface area (Å²) in [4.78, 5) is 18.0. The molecule has 0 saturated carbocycles. The molecule has 0 aliphatic carbocycles. The zero-order valence-corrected chi connectivity index (χ0v) is 18.7. The Bertz CT molecular complexity index is 1450. The quantitative estimate of drug-likeness (QED) is 0.240. The normalized spacial score (nSPS) is 11.8. The number of hydrogen-bond acceptors (Lipinski definition) is 5. The molecule has 1 N–H and O–H groups in total. The van der Waals surface area contributed by atoms with Crippen molar-refractivity contribution in [1.82, 2.24) is 9.38 Å². The van der Waals surface area contributed by atoms with Crippen molar-refractivity contribution in [2.24, 2.45) is 0 Å². The second-order valence-corrected chi connectivity index (χ2v) is 9.95. The van der Waals surface area contributed by atoms with Crippen molar-refractivity contribution in [2.75, 3.05) is 0 Å². The second kappa shape index (κ2) is 6.16. The fourth-order valence-electron chi connectivity index (χ4n) is 3.10. The number of thiazole rings is 1. The van der Waals surface area contributed by atoms with Crippen molar-refractivity contribution in [3.8, 4) is 17.0 Å². The summed E-state index contributed by atoms with van der Waals surface area (Å²) in [5.74, 6) is 0.147. The van der Waals surface area contributed by atoms with E-state index in [9.17, 15) is 9.90 Å². The Morgan fingerprint density at radius 1 is 1.11 bits per heavy atom. The molecule has 0 saturated heterocycles. The number of imidazole rings is 1. The molecule has 0 aliphatic rings. The van der Waals surface area contributed by atoms with Crippen molar-refractivity contribution >= 4 is 86.1 Å². The van der Waals surface area contributed by atoms with Gasteiger partial charge in [0, 0.05) is 15.9 Å². The number of aromatic hydroxyl groups is 1. The monoisotopic (exact) mass is 568 g/mol. The summed E-state index contributed by atoms with van der Waals surface area (Å²) in [6.07, 6.45) is 0. The van der Waals surface area contributed by atoms with Crippen LogP contribution in [0.25, 0.3) is 38.2 Å². The van der Waals surface area contributed by atoms with Gasteiger partial charge >= 0.3 is 5.63 Å². The van der Waals surface area contributed by atoms with Crippen molar-refractivity contribution in [1.29, 1.82) is 0 Å². The minimum Gasteiger partial charge on any atom is -0.508 e. The van der Waals surface area contributed by atoms with Crippen LogP contribution in [0.4, 0.5) is 0 Å². The summed E-state index contributed by atoms with van der Waals surface area (Å²) in [5.41, 5.74) is 2.62. The number of halogens is 3. The number of rotatable bonds is 1. The number of phenolic OH excluding ortho intramolecular Hbond substituents is 1. The molecular formula is C18H7Br3N2O3S. The highest BCUT2D eigenvalue weighted by molar-refractivity contribution is 9.11.